The predicted octanol–water partition coefficient (Wildman–Crippen LogP) is -0.535. The predicted molar refractivity (Wildman–Crippen MR) is 113 cm³/mol. The lowest BCUT2D eigenvalue weighted by molar-refractivity contribution is -0.0423. The fourth-order valence-electron chi connectivity index (χ4n) is 2.84. The van der Waals surface area contributed by atoms with Crippen LogP contribution in [0.25, 0.3) is 11.2 Å². The van der Waals surface area contributed by atoms with Crippen LogP contribution in [0.15, 0.2) is 11.1 Å². The largest absolute Gasteiger partial charge is 0.490 e. The number of aromatic amines is 1. The van der Waals surface area contributed by atoms with Crippen LogP contribution in [-0.2, 0) is 45.0 Å². The van der Waals surface area contributed by atoms with Crippen molar-refractivity contribution in [2.45, 2.75) is 24.9 Å². The molecule has 204 valence electrons. The number of nitrogens with zero attached hydrogens (tertiary/aromatic N) is 3. The molecule has 1 aliphatic rings. The first kappa shape index (κ1) is 29.2. The first-order valence-corrected chi connectivity index (χ1v) is 15.1. The number of ether oxygens (including phenoxy) is 1. The standard InChI is InChI=1S/C11H19N5O16P4/c1-27-33(19,20)30-35(23,24)32-36(25,26)31-34(21,22)28-3-6-5(17)2-7(29-6)16-4-13-8-9(16)14-11(12)15-10(8)18/h4-7,17H,2-3H2,1H3,(H,19,20)(H,21,22)(H,23,24)(H,25,26)(H3,12,14,15,18)/t5?,6-,7-/m1/s1. The van der Waals surface area contributed by atoms with E-state index in [2.05, 4.69) is 36.9 Å². The summed E-state index contributed by atoms with van der Waals surface area (Å²) in [4.78, 5) is 59.3. The van der Waals surface area contributed by atoms with Crippen LogP contribution >= 0.6 is 31.3 Å². The van der Waals surface area contributed by atoms with Crippen molar-refractivity contribution in [1.82, 2.24) is 19.5 Å². The number of nitrogens with two attached hydrogens (primary N) is 1. The van der Waals surface area contributed by atoms with Crippen molar-refractivity contribution in [3.8, 4) is 0 Å². The number of aliphatic hydroxyl groups excluding tert-OH is 1. The number of phosphoric acid groups is 4. The Morgan fingerprint density at radius 1 is 1.11 bits per heavy atom. The molecule has 0 bridgehead atoms. The maximum absolute atomic E-state index is 12.0. The summed E-state index contributed by atoms with van der Waals surface area (Å²) in [6.07, 6.45) is -2.62. The molecule has 0 aromatic carbocycles. The van der Waals surface area contributed by atoms with Gasteiger partial charge in [-0.3, -0.25) is 23.4 Å². The van der Waals surface area contributed by atoms with Crippen molar-refractivity contribution in [2.75, 3.05) is 19.5 Å². The zero-order chi connectivity index (χ0) is 27.1. The number of hydrogen-bond acceptors (Lipinski definition) is 15. The molecule has 1 aliphatic heterocycles. The Morgan fingerprint density at radius 2 is 1.69 bits per heavy atom. The van der Waals surface area contributed by atoms with E-state index in [1.165, 1.54) is 10.9 Å². The number of anilines is 1. The van der Waals surface area contributed by atoms with E-state index < -0.39 is 61.9 Å². The first-order chi connectivity index (χ1) is 16.4. The van der Waals surface area contributed by atoms with Gasteiger partial charge in [0.15, 0.2) is 11.2 Å². The van der Waals surface area contributed by atoms with Gasteiger partial charge in [-0.25, -0.2) is 23.2 Å². The number of imidazole rings is 1. The Labute approximate surface area is 199 Å². The van der Waals surface area contributed by atoms with E-state index in [1.807, 2.05) is 0 Å². The second-order valence-corrected chi connectivity index (χ2v) is 13.1. The van der Waals surface area contributed by atoms with Crippen molar-refractivity contribution < 1.29 is 69.7 Å². The molecule has 2 aromatic rings. The van der Waals surface area contributed by atoms with Gasteiger partial charge < -0.3 is 35.2 Å². The molecule has 2 aromatic heterocycles. The van der Waals surface area contributed by atoms with Crippen LogP contribution in [0.5, 0.6) is 0 Å². The molecule has 3 rings (SSSR count). The molecule has 25 heteroatoms. The average molecular weight is 601 g/mol. The van der Waals surface area contributed by atoms with Crippen LogP contribution in [0.4, 0.5) is 5.95 Å². The topological polar surface area (TPSA) is 314 Å². The molecule has 3 heterocycles. The second kappa shape index (κ2) is 10.4. The summed E-state index contributed by atoms with van der Waals surface area (Å²) in [7, 11) is -21.9. The molecule has 1 fully saturated rings. The van der Waals surface area contributed by atoms with Gasteiger partial charge in [-0.15, -0.1) is 0 Å². The average Bonchev–Trinajstić information content (AvgIpc) is 3.27. The molecule has 7 atom stereocenters. The summed E-state index contributed by atoms with van der Waals surface area (Å²) in [6, 6.07) is 0. The molecule has 0 aliphatic carbocycles. The minimum atomic E-state index is -5.93. The van der Waals surface area contributed by atoms with Crippen molar-refractivity contribution in [2.24, 2.45) is 0 Å². The van der Waals surface area contributed by atoms with Crippen LogP contribution in [-0.4, -0.2) is 70.1 Å². The highest BCUT2D eigenvalue weighted by Crippen LogP contribution is 2.71. The van der Waals surface area contributed by atoms with E-state index >= 15 is 0 Å². The summed E-state index contributed by atoms with van der Waals surface area (Å²) in [6.45, 7) is -0.920. The van der Waals surface area contributed by atoms with Crippen LogP contribution in [0.1, 0.15) is 12.6 Å². The number of aliphatic hydroxyl groups is 1. The smallest absolute Gasteiger partial charge is 0.390 e. The lowest BCUT2D eigenvalue weighted by atomic mass is 10.2. The van der Waals surface area contributed by atoms with Gasteiger partial charge in [0.25, 0.3) is 5.56 Å². The number of phosphoric ester groups is 2. The zero-order valence-electron chi connectivity index (χ0n) is 17.7. The van der Waals surface area contributed by atoms with Crippen molar-refractivity contribution in [3.63, 3.8) is 0 Å². The SMILES string of the molecule is COP(=O)(O)OP(=O)(O)OP(=O)(O)OP(=O)(O)OC[C@H]1O[C@@H](n2cnc3c(=O)[nH]c(N)nc32)CC1O. The van der Waals surface area contributed by atoms with Gasteiger partial charge in [0.05, 0.1) is 19.0 Å². The third-order valence-corrected chi connectivity index (χ3v) is 10.1. The Kier molecular flexibility index (Phi) is 8.45. The molecule has 0 radical (unpaired) electrons. The minimum Gasteiger partial charge on any atom is -0.390 e. The Bertz CT molecular complexity index is 1380. The third kappa shape index (κ3) is 7.35. The number of aromatic nitrogens is 4. The van der Waals surface area contributed by atoms with Gasteiger partial charge >= 0.3 is 31.3 Å². The fraction of sp³-hybridized carbons (Fsp3) is 0.545. The molecule has 0 amide bonds. The summed E-state index contributed by atoms with van der Waals surface area (Å²) in [5.41, 5.74) is 4.81. The van der Waals surface area contributed by atoms with E-state index in [-0.39, 0.29) is 23.5 Å². The molecule has 1 saturated heterocycles. The first-order valence-electron chi connectivity index (χ1n) is 9.14. The highest BCUT2D eigenvalue weighted by molar-refractivity contribution is 7.69. The van der Waals surface area contributed by atoms with Gasteiger partial charge in [0.2, 0.25) is 5.95 Å². The molecule has 21 nitrogen and oxygen atoms in total. The summed E-state index contributed by atoms with van der Waals surface area (Å²) >= 11 is 0. The van der Waals surface area contributed by atoms with E-state index in [0.717, 1.165) is 0 Å². The number of H-pyrrole nitrogens is 1. The van der Waals surface area contributed by atoms with Gasteiger partial charge in [0, 0.05) is 13.5 Å². The molecule has 5 unspecified atom stereocenters. The second-order valence-electron chi connectivity index (χ2n) is 6.80. The van der Waals surface area contributed by atoms with Gasteiger partial charge in [0.1, 0.15) is 12.3 Å². The number of hydrogen-bond donors (Lipinski definition) is 7. The maximum atomic E-state index is 12.0. The van der Waals surface area contributed by atoms with Gasteiger partial charge in [-0.2, -0.15) is 17.9 Å². The van der Waals surface area contributed by atoms with Crippen LogP contribution in [0.2, 0.25) is 0 Å². The van der Waals surface area contributed by atoms with Gasteiger partial charge in [-0.1, -0.05) is 0 Å². The van der Waals surface area contributed by atoms with Crippen LogP contribution in [0, 0.1) is 0 Å². The van der Waals surface area contributed by atoms with E-state index in [9.17, 15) is 42.8 Å². The summed E-state index contributed by atoms with van der Waals surface area (Å²) in [5, 5.41) is 10.2. The molecule has 36 heavy (non-hydrogen) atoms. The number of fused-ring (bicyclic) bond motifs is 1. The molecule has 8 N–H and O–H groups in total. The number of nitrogens with one attached hydrogen (secondary N) is 1. The highest BCUT2D eigenvalue weighted by Gasteiger charge is 2.46. The normalized spacial score (nSPS) is 27.2. The zero-order valence-corrected chi connectivity index (χ0v) is 21.2. The number of rotatable bonds is 11. The quantitative estimate of drug-likeness (QED) is 0.159. The minimum absolute atomic E-state index is 0.0149. The Hall–Kier alpha value is -1.37. The van der Waals surface area contributed by atoms with Crippen molar-refractivity contribution >= 4 is 48.4 Å². The fourth-order valence-corrected chi connectivity index (χ4v) is 7.53. The van der Waals surface area contributed by atoms with Crippen molar-refractivity contribution in [3.05, 3.63) is 16.7 Å². The Balaban J connectivity index is 1.63. The van der Waals surface area contributed by atoms with E-state index in [0.29, 0.717) is 7.11 Å². The summed E-state index contributed by atoms with van der Waals surface area (Å²) < 4.78 is 72.7. The highest BCUT2D eigenvalue weighted by atomic mass is 31.3. The third-order valence-electron chi connectivity index (χ3n) is 4.22. The van der Waals surface area contributed by atoms with Crippen LogP contribution in [0.3, 0.4) is 0 Å². The lowest BCUT2D eigenvalue weighted by Gasteiger charge is -2.20. The monoisotopic (exact) mass is 601 g/mol. The molecule has 0 spiro atoms. The molecule has 0 saturated carbocycles. The van der Waals surface area contributed by atoms with Gasteiger partial charge in [-0.05, 0) is 0 Å². The van der Waals surface area contributed by atoms with Crippen molar-refractivity contribution in [1.29, 1.82) is 0 Å². The van der Waals surface area contributed by atoms with E-state index in [1.54, 1.807) is 0 Å². The summed E-state index contributed by atoms with van der Waals surface area (Å²) in [5.74, 6) is -0.219. The molecular formula is C11H19N5O16P4. The van der Waals surface area contributed by atoms with Crippen LogP contribution < -0.4 is 11.3 Å². The molecular weight excluding hydrogens is 582 g/mol. The lowest BCUT2D eigenvalue weighted by Crippen LogP contribution is -2.26. The Morgan fingerprint density at radius 3 is 2.31 bits per heavy atom. The maximum Gasteiger partial charge on any atom is 0.490 e. The van der Waals surface area contributed by atoms with E-state index in [4.69, 9.17) is 15.4 Å². The number of nitrogen functional groups attached to an aromatic ring is 1.